The summed E-state index contributed by atoms with van der Waals surface area (Å²) >= 11 is 0. The Kier molecular flexibility index (Phi) is 5.12. The zero-order valence-electron chi connectivity index (χ0n) is 12.7. The number of methoxy groups -OCH3 is 2. The normalized spacial score (nSPS) is 14.1. The summed E-state index contributed by atoms with van der Waals surface area (Å²) in [5.74, 6) is 0. The van der Waals surface area contributed by atoms with Gasteiger partial charge in [0, 0.05) is 20.6 Å². The zero-order valence-corrected chi connectivity index (χ0v) is 12.7. The minimum Gasteiger partial charge on any atom is -0.385 e. The Balaban J connectivity index is 2.18. The highest BCUT2D eigenvalue weighted by Crippen LogP contribution is 2.29. The Morgan fingerprint density at radius 3 is 1.95 bits per heavy atom. The average molecular weight is 286 g/mol. The molecular weight excluding hydrogens is 264 g/mol. The van der Waals surface area contributed by atoms with E-state index in [0.29, 0.717) is 6.42 Å². The van der Waals surface area contributed by atoms with Gasteiger partial charge in [-0.15, -0.1) is 0 Å². The Morgan fingerprint density at radius 1 is 0.905 bits per heavy atom. The summed E-state index contributed by atoms with van der Waals surface area (Å²) in [7, 11) is 3.14. The molecule has 0 saturated carbocycles. The molecule has 0 spiro atoms. The van der Waals surface area contributed by atoms with Gasteiger partial charge in [-0.25, -0.2) is 0 Å². The fourth-order valence-corrected chi connectivity index (χ4v) is 2.36. The minimum atomic E-state index is -0.994. The molecule has 0 heterocycles. The summed E-state index contributed by atoms with van der Waals surface area (Å²) in [6, 6.07) is 18.1. The lowest BCUT2D eigenvalue weighted by Gasteiger charge is -2.27. The van der Waals surface area contributed by atoms with Crippen LogP contribution >= 0.6 is 0 Å². The molecule has 0 aliphatic rings. The molecule has 1 N–H and O–H groups in total. The van der Waals surface area contributed by atoms with Crippen LogP contribution in [0.5, 0.6) is 0 Å². The predicted octanol–water partition coefficient (Wildman–Crippen LogP) is 3.57. The van der Waals surface area contributed by atoms with E-state index in [-0.39, 0.29) is 0 Å². The fraction of sp³-hybridized carbons (Fsp3) is 0.333. The van der Waals surface area contributed by atoms with Gasteiger partial charge in [0.15, 0.2) is 6.29 Å². The quantitative estimate of drug-likeness (QED) is 0.825. The van der Waals surface area contributed by atoms with E-state index in [1.54, 1.807) is 21.1 Å². The van der Waals surface area contributed by atoms with Crippen molar-refractivity contribution < 1.29 is 14.6 Å². The maximum atomic E-state index is 10.6. The third kappa shape index (κ3) is 3.91. The van der Waals surface area contributed by atoms with Gasteiger partial charge in [-0.1, -0.05) is 54.6 Å². The summed E-state index contributed by atoms with van der Waals surface area (Å²) < 4.78 is 10.3. The molecule has 0 aliphatic heterocycles. The Bertz CT molecular complexity index is 542. The Morgan fingerprint density at radius 2 is 1.43 bits per heavy atom. The van der Waals surface area contributed by atoms with E-state index in [2.05, 4.69) is 12.1 Å². The molecule has 21 heavy (non-hydrogen) atoms. The van der Waals surface area contributed by atoms with Crippen LogP contribution in [0.1, 0.15) is 18.9 Å². The number of benzene rings is 2. The van der Waals surface area contributed by atoms with Crippen molar-refractivity contribution in [1.82, 2.24) is 0 Å². The first-order chi connectivity index (χ1) is 10.1. The van der Waals surface area contributed by atoms with Crippen LogP contribution in [-0.4, -0.2) is 25.6 Å². The number of hydrogen-bond acceptors (Lipinski definition) is 3. The van der Waals surface area contributed by atoms with Gasteiger partial charge in [-0.2, -0.15) is 0 Å². The van der Waals surface area contributed by atoms with Gasteiger partial charge in [0.2, 0.25) is 0 Å². The lowest BCUT2D eigenvalue weighted by atomic mass is 9.91. The van der Waals surface area contributed by atoms with Gasteiger partial charge in [-0.3, -0.25) is 0 Å². The molecule has 3 nitrogen and oxygen atoms in total. The van der Waals surface area contributed by atoms with E-state index in [9.17, 15) is 5.11 Å². The maximum Gasteiger partial charge on any atom is 0.159 e. The zero-order chi connectivity index (χ0) is 15.3. The highest BCUT2D eigenvalue weighted by Gasteiger charge is 2.27. The van der Waals surface area contributed by atoms with Crippen molar-refractivity contribution in [2.24, 2.45) is 0 Å². The molecule has 2 aromatic carbocycles. The number of hydrogen-bond donors (Lipinski definition) is 1. The molecule has 112 valence electrons. The highest BCUT2D eigenvalue weighted by molar-refractivity contribution is 5.63. The molecule has 0 radical (unpaired) electrons. The van der Waals surface area contributed by atoms with Crippen LogP contribution in [0.4, 0.5) is 0 Å². The van der Waals surface area contributed by atoms with Crippen molar-refractivity contribution >= 4 is 0 Å². The molecule has 0 aromatic heterocycles. The van der Waals surface area contributed by atoms with Crippen LogP contribution in [-0.2, 0) is 15.1 Å². The molecule has 0 saturated heterocycles. The Labute approximate surface area is 126 Å². The number of rotatable bonds is 6. The van der Waals surface area contributed by atoms with Gasteiger partial charge in [0.05, 0.1) is 5.60 Å². The van der Waals surface area contributed by atoms with Gasteiger partial charge < -0.3 is 14.6 Å². The molecule has 1 unspecified atom stereocenters. The second-order valence-electron chi connectivity index (χ2n) is 5.32. The average Bonchev–Trinajstić information content (AvgIpc) is 2.53. The molecule has 1 atom stereocenters. The second kappa shape index (κ2) is 6.85. The molecule has 2 rings (SSSR count). The summed E-state index contributed by atoms with van der Waals surface area (Å²) in [5, 5.41) is 10.6. The fourth-order valence-electron chi connectivity index (χ4n) is 2.36. The first-order valence-corrected chi connectivity index (χ1v) is 7.01. The summed E-state index contributed by atoms with van der Waals surface area (Å²) in [6.07, 6.45) is -0.0428. The third-order valence-electron chi connectivity index (χ3n) is 3.70. The first kappa shape index (κ1) is 15.7. The van der Waals surface area contributed by atoms with Crippen LogP contribution in [0, 0.1) is 0 Å². The van der Waals surface area contributed by atoms with Crippen molar-refractivity contribution in [2.45, 2.75) is 25.2 Å². The number of aliphatic hydroxyl groups is 1. The molecule has 0 fully saturated rings. The molecule has 3 heteroatoms. The smallest absolute Gasteiger partial charge is 0.159 e. The molecule has 2 aromatic rings. The second-order valence-corrected chi connectivity index (χ2v) is 5.32. The van der Waals surface area contributed by atoms with Crippen molar-refractivity contribution in [1.29, 1.82) is 0 Å². The van der Waals surface area contributed by atoms with Crippen LogP contribution in [0.25, 0.3) is 11.1 Å². The summed E-state index contributed by atoms with van der Waals surface area (Å²) in [4.78, 5) is 0. The largest absolute Gasteiger partial charge is 0.385 e. The van der Waals surface area contributed by atoms with E-state index in [4.69, 9.17) is 9.47 Å². The first-order valence-electron chi connectivity index (χ1n) is 7.01. The van der Waals surface area contributed by atoms with E-state index in [1.165, 1.54) is 0 Å². The molecular formula is C18H22O3. The van der Waals surface area contributed by atoms with Crippen LogP contribution in [0.15, 0.2) is 54.6 Å². The van der Waals surface area contributed by atoms with Crippen molar-refractivity contribution in [2.75, 3.05) is 14.2 Å². The topological polar surface area (TPSA) is 38.7 Å². The van der Waals surface area contributed by atoms with Crippen molar-refractivity contribution in [3.63, 3.8) is 0 Å². The standard InChI is InChI=1S/C18H22O3/c1-18(19,13-17(20-2)21-3)16-11-9-15(10-12-16)14-7-5-4-6-8-14/h4-12,17,19H,13H2,1-3H3. The van der Waals surface area contributed by atoms with Gasteiger partial charge in [0.1, 0.15) is 0 Å². The van der Waals surface area contributed by atoms with Gasteiger partial charge in [0.25, 0.3) is 0 Å². The van der Waals surface area contributed by atoms with E-state index < -0.39 is 11.9 Å². The summed E-state index contributed by atoms with van der Waals surface area (Å²) in [5.41, 5.74) is 2.15. The lowest BCUT2D eigenvalue weighted by Crippen LogP contribution is -2.29. The minimum absolute atomic E-state index is 0.380. The highest BCUT2D eigenvalue weighted by atomic mass is 16.7. The molecule has 0 bridgehead atoms. The molecule has 0 amide bonds. The third-order valence-corrected chi connectivity index (χ3v) is 3.70. The van der Waals surface area contributed by atoms with Crippen LogP contribution in [0.2, 0.25) is 0 Å². The monoisotopic (exact) mass is 286 g/mol. The SMILES string of the molecule is COC(CC(C)(O)c1ccc(-c2ccccc2)cc1)OC. The van der Waals surface area contributed by atoms with E-state index >= 15 is 0 Å². The number of ether oxygens (including phenoxy) is 2. The van der Waals surface area contributed by atoms with Gasteiger partial charge >= 0.3 is 0 Å². The predicted molar refractivity (Wildman–Crippen MR) is 83.9 cm³/mol. The van der Waals surface area contributed by atoms with Crippen molar-refractivity contribution in [3.05, 3.63) is 60.2 Å². The van der Waals surface area contributed by atoms with Gasteiger partial charge in [-0.05, 0) is 23.6 Å². The molecule has 0 aliphatic carbocycles. The van der Waals surface area contributed by atoms with E-state index in [1.807, 2.05) is 42.5 Å². The lowest BCUT2D eigenvalue weighted by molar-refractivity contribution is -0.142. The van der Waals surface area contributed by atoms with E-state index in [0.717, 1.165) is 16.7 Å². The Hall–Kier alpha value is -1.68. The van der Waals surface area contributed by atoms with Crippen LogP contribution in [0.3, 0.4) is 0 Å². The maximum absolute atomic E-state index is 10.6. The van der Waals surface area contributed by atoms with Crippen molar-refractivity contribution in [3.8, 4) is 11.1 Å². The summed E-state index contributed by atoms with van der Waals surface area (Å²) in [6.45, 7) is 1.77. The van der Waals surface area contributed by atoms with Crippen LogP contribution < -0.4 is 0 Å².